The van der Waals surface area contributed by atoms with Gasteiger partial charge < -0.3 is 0 Å². The molecule has 0 saturated carbocycles. The maximum absolute atomic E-state index is 3.25. The third kappa shape index (κ3) is 2.08. The Morgan fingerprint density at radius 2 is 1.86 bits per heavy atom. The lowest BCUT2D eigenvalue weighted by Crippen LogP contribution is -1.99. The molecule has 0 saturated heterocycles. The highest BCUT2D eigenvalue weighted by atomic mass is 32.2. The molecular formula is C12H13NS. The van der Waals surface area contributed by atoms with E-state index in [1.54, 1.807) is 11.9 Å². The molecule has 0 radical (unpaired) electrons. The van der Waals surface area contributed by atoms with E-state index >= 15 is 0 Å². The molecule has 1 nitrogen and oxygen atoms in total. The predicted octanol–water partition coefficient (Wildman–Crippen LogP) is 3.46. The average molecular weight is 203 g/mol. The highest BCUT2D eigenvalue weighted by Gasteiger charge is 1.95. The summed E-state index contributed by atoms with van der Waals surface area (Å²) in [6.07, 6.45) is 0. The Morgan fingerprint density at radius 1 is 1.07 bits per heavy atom. The van der Waals surface area contributed by atoms with Crippen molar-refractivity contribution in [2.24, 2.45) is 0 Å². The van der Waals surface area contributed by atoms with Gasteiger partial charge in [-0.2, -0.15) is 0 Å². The Bertz CT molecular complexity index is 425. The highest BCUT2D eigenvalue weighted by Crippen LogP contribution is 2.21. The van der Waals surface area contributed by atoms with E-state index in [1.165, 1.54) is 15.7 Å². The van der Waals surface area contributed by atoms with Gasteiger partial charge in [0.25, 0.3) is 0 Å². The summed E-state index contributed by atoms with van der Waals surface area (Å²) < 4.78 is 3.25. The van der Waals surface area contributed by atoms with Crippen LogP contribution in [-0.2, 0) is 0 Å². The molecule has 0 spiro atoms. The zero-order valence-electron chi connectivity index (χ0n) is 8.16. The van der Waals surface area contributed by atoms with Crippen LogP contribution in [0.2, 0.25) is 0 Å². The first-order chi connectivity index (χ1) is 6.90. The Morgan fingerprint density at radius 3 is 2.64 bits per heavy atom. The van der Waals surface area contributed by atoms with Gasteiger partial charge in [0.05, 0.1) is 0 Å². The second-order valence-corrected chi connectivity index (χ2v) is 4.07. The molecule has 0 heterocycles. The molecule has 1 N–H and O–H groups in total. The molecule has 0 fully saturated rings. The van der Waals surface area contributed by atoms with E-state index in [1.807, 2.05) is 0 Å². The van der Waals surface area contributed by atoms with Crippen molar-refractivity contribution in [3.8, 4) is 0 Å². The summed E-state index contributed by atoms with van der Waals surface area (Å²) >= 11 is 1.69. The molecule has 0 atom stereocenters. The molecule has 2 heteroatoms. The van der Waals surface area contributed by atoms with Crippen LogP contribution < -0.4 is 4.72 Å². The van der Waals surface area contributed by atoms with E-state index in [4.69, 9.17) is 0 Å². The Kier molecular flexibility index (Phi) is 3.07. The van der Waals surface area contributed by atoms with Crippen molar-refractivity contribution in [1.29, 1.82) is 0 Å². The molecular weight excluding hydrogens is 190 g/mol. The van der Waals surface area contributed by atoms with Crippen LogP contribution in [0, 0.1) is 0 Å². The van der Waals surface area contributed by atoms with Gasteiger partial charge in [0.15, 0.2) is 0 Å². The minimum atomic E-state index is 0.984. The van der Waals surface area contributed by atoms with E-state index in [9.17, 15) is 0 Å². The predicted molar refractivity (Wildman–Crippen MR) is 63.5 cm³/mol. The summed E-state index contributed by atoms with van der Waals surface area (Å²) in [5.74, 6) is 0. The third-order valence-corrected chi connectivity index (χ3v) is 2.98. The first-order valence-corrected chi connectivity index (χ1v) is 5.60. The van der Waals surface area contributed by atoms with Crippen LogP contribution in [0.15, 0.2) is 47.4 Å². The monoisotopic (exact) mass is 203 g/mol. The molecule has 0 aliphatic rings. The van der Waals surface area contributed by atoms with Crippen molar-refractivity contribution >= 4 is 22.7 Å². The van der Waals surface area contributed by atoms with Crippen LogP contribution in [0.4, 0.5) is 0 Å². The average Bonchev–Trinajstić information content (AvgIpc) is 2.26. The fourth-order valence-electron chi connectivity index (χ4n) is 1.39. The van der Waals surface area contributed by atoms with Crippen molar-refractivity contribution in [2.45, 2.75) is 11.8 Å². The zero-order chi connectivity index (χ0) is 9.80. The summed E-state index contributed by atoms with van der Waals surface area (Å²) in [6, 6.07) is 14.9. The molecule has 0 unspecified atom stereocenters. The SMILES string of the molecule is CCNSc1ccc2ccccc2c1. The number of hydrogen-bond acceptors (Lipinski definition) is 2. The molecule has 72 valence electrons. The molecule has 0 aliphatic heterocycles. The lowest BCUT2D eigenvalue weighted by atomic mass is 10.1. The van der Waals surface area contributed by atoms with E-state index in [0.29, 0.717) is 0 Å². The van der Waals surface area contributed by atoms with Crippen molar-refractivity contribution in [3.63, 3.8) is 0 Å². The molecule has 0 aromatic heterocycles. The molecule has 14 heavy (non-hydrogen) atoms. The summed E-state index contributed by atoms with van der Waals surface area (Å²) in [4.78, 5) is 1.27. The normalized spacial score (nSPS) is 10.6. The van der Waals surface area contributed by atoms with E-state index in [-0.39, 0.29) is 0 Å². The van der Waals surface area contributed by atoms with Gasteiger partial charge in [0, 0.05) is 11.4 Å². The minimum absolute atomic E-state index is 0.984. The molecule has 2 rings (SSSR count). The standard InChI is InChI=1S/C12H13NS/c1-2-13-14-12-8-7-10-5-3-4-6-11(10)9-12/h3-9,13H,2H2,1H3. The van der Waals surface area contributed by atoms with Gasteiger partial charge >= 0.3 is 0 Å². The summed E-state index contributed by atoms with van der Waals surface area (Å²) in [5.41, 5.74) is 0. The van der Waals surface area contributed by atoms with Gasteiger partial charge in [-0.25, -0.2) is 0 Å². The summed E-state index contributed by atoms with van der Waals surface area (Å²) in [5, 5.41) is 2.60. The molecule has 2 aromatic carbocycles. The number of rotatable bonds is 3. The number of nitrogens with one attached hydrogen (secondary N) is 1. The van der Waals surface area contributed by atoms with Crippen molar-refractivity contribution in [1.82, 2.24) is 4.72 Å². The lowest BCUT2D eigenvalue weighted by Gasteiger charge is -2.02. The van der Waals surface area contributed by atoms with Gasteiger partial charge in [0.2, 0.25) is 0 Å². The molecule has 0 aliphatic carbocycles. The Labute approximate surface area is 88.7 Å². The maximum Gasteiger partial charge on any atom is 0.0234 e. The van der Waals surface area contributed by atoms with Gasteiger partial charge in [-0.1, -0.05) is 37.3 Å². The zero-order valence-corrected chi connectivity index (χ0v) is 8.97. The van der Waals surface area contributed by atoms with Gasteiger partial charge in [-0.3, -0.25) is 4.72 Å². The molecule has 2 aromatic rings. The summed E-state index contributed by atoms with van der Waals surface area (Å²) in [6.45, 7) is 3.09. The second kappa shape index (κ2) is 4.49. The second-order valence-electron chi connectivity index (χ2n) is 3.11. The fourth-order valence-corrected chi connectivity index (χ4v) is 2.02. The van der Waals surface area contributed by atoms with Crippen LogP contribution >= 0.6 is 11.9 Å². The van der Waals surface area contributed by atoms with Crippen LogP contribution in [0.25, 0.3) is 10.8 Å². The lowest BCUT2D eigenvalue weighted by molar-refractivity contribution is 1.03. The van der Waals surface area contributed by atoms with Crippen LogP contribution in [-0.4, -0.2) is 6.54 Å². The quantitative estimate of drug-likeness (QED) is 0.767. The fraction of sp³-hybridized carbons (Fsp3) is 0.167. The van der Waals surface area contributed by atoms with Gasteiger partial charge in [0.1, 0.15) is 0 Å². The van der Waals surface area contributed by atoms with Crippen molar-refractivity contribution in [3.05, 3.63) is 42.5 Å². The van der Waals surface area contributed by atoms with Crippen molar-refractivity contribution in [2.75, 3.05) is 6.54 Å². The topological polar surface area (TPSA) is 12.0 Å². The number of fused-ring (bicyclic) bond motifs is 1. The van der Waals surface area contributed by atoms with Crippen LogP contribution in [0.5, 0.6) is 0 Å². The Hall–Kier alpha value is -0.990. The largest absolute Gasteiger partial charge is 0.260 e. The van der Waals surface area contributed by atoms with E-state index < -0.39 is 0 Å². The first-order valence-electron chi connectivity index (χ1n) is 4.78. The van der Waals surface area contributed by atoms with Crippen LogP contribution in [0.1, 0.15) is 6.92 Å². The highest BCUT2D eigenvalue weighted by molar-refractivity contribution is 7.97. The van der Waals surface area contributed by atoms with Gasteiger partial charge in [-0.05, 0) is 34.9 Å². The minimum Gasteiger partial charge on any atom is -0.260 e. The Balaban J connectivity index is 2.32. The molecule has 0 amide bonds. The molecule has 0 bridgehead atoms. The van der Waals surface area contributed by atoms with E-state index in [0.717, 1.165) is 6.54 Å². The number of benzene rings is 2. The van der Waals surface area contributed by atoms with Crippen LogP contribution in [0.3, 0.4) is 0 Å². The number of hydrogen-bond donors (Lipinski definition) is 1. The third-order valence-electron chi connectivity index (χ3n) is 2.06. The van der Waals surface area contributed by atoms with Crippen molar-refractivity contribution < 1.29 is 0 Å². The smallest absolute Gasteiger partial charge is 0.0234 e. The first kappa shape index (κ1) is 9.56. The maximum atomic E-state index is 3.25. The van der Waals surface area contributed by atoms with Gasteiger partial charge in [-0.15, -0.1) is 0 Å². The summed E-state index contributed by atoms with van der Waals surface area (Å²) in [7, 11) is 0. The van der Waals surface area contributed by atoms with E-state index in [2.05, 4.69) is 54.1 Å².